The minimum Gasteiger partial charge on any atom is -0.474 e. The Balaban J connectivity index is 1.66. The second-order valence-electron chi connectivity index (χ2n) is 9.18. The average Bonchev–Trinajstić information content (AvgIpc) is 3.32. The highest BCUT2D eigenvalue weighted by Crippen LogP contribution is 2.35. The normalized spacial score (nSPS) is 16.2. The van der Waals surface area contributed by atoms with Gasteiger partial charge in [0.15, 0.2) is 0 Å². The van der Waals surface area contributed by atoms with Crippen LogP contribution in [-0.2, 0) is 4.74 Å². The molecule has 4 heteroatoms. The van der Waals surface area contributed by atoms with E-state index in [0.717, 1.165) is 16.6 Å². The zero-order chi connectivity index (χ0) is 22.1. The molecule has 0 saturated carbocycles. The summed E-state index contributed by atoms with van der Waals surface area (Å²) >= 11 is 0. The predicted molar refractivity (Wildman–Crippen MR) is 136 cm³/mol. The number of hydrogen-bond donors (Lipinski definition) is 0. The fourth-order valence-corrected chi connectivity index (χ4v) is 6.39. The van der Waals surface area contributed by atoms with Gasteiger partial charge in [0.2, 0.25) is 5.90 Å². The number of aliphatic imine (C=N–C) groups is 1. The molecule has 3 nitrogen and oxygen atoms in total. The van der Waals surface area contributed by atoms with Gasteiger partial charge in [-0.15, -0.1) is 0 Å². The first-order chi connectivity index (χ1) is 15.5. The topological polar surface area (TPSA) is 34.5 Å². The molecule has 32 heavy (non-hydrogen) atoms. The molecule has 0 bridgehead atoms. The fourth-order valence-electron chi connectivity index (χ4n) is 3.97. The number of hydrogen-bond acceptors (Lipinski definition) is 3. The van der Waals surface area contributed by atoms with Crippen LogP contribution in [0.1, 0.15) is 26.5 Å². The van der Waals surface area contributed by atoms with Crippen LogP contribution in [0.2, 0.25) is 0 Å². The number of aromatic nitrogens is 1. The van der Waals surface area contributed by atoms with Crippen LogP contribution in [0.3, 0.4) is 0 Å². The number of ether oxygens (including phenoxy) is 1. The van der Waals surface area contributed by atoms with Crippen LogP contribution in [-0.4, -0.2) is 23.5 Å². The van der Waals surface area contributed by atoms with E-state index in [4.69, 9.17) is 14.7 Å². The van der Waals surface area contributed by atoms with Crippen molar-refractivity contribution in [2.45, 2.75) is 26.8 Å². The van der Waals surface area contributed by atoms with Gasteiger partial charge in [-0.25, -0.2) is 9.98 Å². The van der Waals surface area contributed by atoms with Gasteiger partial charge in [0.1, 0.15) is 12.3 Å². The Morgan fingerprint density at radius 3 is 2.03 bits per heavy atom. The monoisotopic (exact) mass is 438 g/mol. The molecule has 0 aliphatic carbocycles. The van der Waals surface area contributed by atoms with Crippen LogP contribution in [0.15, 0.2) is 96.0 Å². The first-order valence-corrected chi connectivity index (χ1v) is 12.4. The molecule has 1 atom stereocenters. The molecule has 0 saturated heterocycles. The van der Waals surface area contributed by atoms with Gasteiger partial charge in [-0.05, 0) is 30.0 Å². The second kappa shape index (κ2) is 8.48. The van der Waals surface area contributed by atoms with E-state index in [9.17, 15) is 0 Å². The molecule has 160 valence electrons. The van der Waals surface area contributed by atoms with Crippen LogP contribution in [0.5, 0.6) is 0 Å². The van der Waals surface area contributed by atoms with E-state index in [-0.39, 0.29) is 11.5 Å². The molecule has 0 radical (unpaired) electrons. The second-order valence-corrected chi connectivity index (χ2v) is 11.4. The number of rotatable bonds is 4. The largest absolute Gasteiger partial charge is 0.474 e. The van der Waals surface area contributed by atoms with Crippen molar-refractivity contribution in [3.63, 3.8) is 0 Å². The molecule has 3 aromatic carbocycles. The Morgan fingerprint density at radius 2 is 1.44 bits per heavy atom. The zero-order valence-electron chi connectivity index (χ0n) is 18.7. The van der Waals surface area contributed by atoms with Gasteiger partial charge in [-0.1, -0.05) is 106 Å². The first-order valence-electron chi connectivity index (χ1n) is 11.0. The Bertz CT molecular complexity index is 1220. The molecule has 2 heterocycles. The Labute approximate surface area is 191 Å². The van der Waals surface area contributed by atoms with Crippen molar-refractivity contribution in [3.8, 4) is 0 Å². The van der Waals surface area contributed by atoms with Crippen molar-refractivity contribution in [2.24, 2.45) is 10.4 Å². The van der Waals surface area contributed by atoms with Crippen molar-refractivity contribution in [1.29, 1.82) is 0 Å². The molecule has 1 aliphatic rings. The maximum absolute atomic E-state index is 5.99. The van der Waals surface area contributed by atoms with E-state index in [1.54, 1.807) is 0 Å². The molecule has 0 unspecified atom stereocenters. The van der Waals surface area contributed by atoms with Gasteiger partial charge in [-0.2, -0.15) is 0 Å². The third kappa shape index (κ3) is 4.06. The van der Waals surface area contributed by atoms with Crippen molar-refractivity contribution in [1.82, 2.24) is 4.98 Å². The van der Waals surface area contributed by atoms with E-state index < -0.39 is 7.92 Å². The first kappa shape index (κ1) is 20.8. The predicted octanol–water partition coefficient (Wildman–Crippen LogP) is 5.18. The highest BCUT2D eigenvalue weighted by molar-refractivity contribution is 7.80. The standard InChI is InChI=1S/C28H27N2OP/c1-28(2,3)25-19-31-27(30-25)23-18-17-20-11-10-16-24(26(20)29-23)32(21-12-6-4-7-13-21)22-14-8-5-9-15-22/h4-18,25H,19H2,1-3H3/t25-/m1/s1. The molecule has 0 N–H and O–H groups in total. The van der Waals surface area contributed by atoms with Crippen molar-refractivity contribution in [2.75, 3.05) is 6.61 Å². The van der Waals surface area contributed by atoms with Crippen LogP contribution in [0, 0.1) is 5.41 Å². The molecule has 0 spiro atoms. The summed E-state index contributed by atoms with van der Waals surface area (Å²) < 4.78 is 5.99. The molecule has 5 rings (SSSR count). The third-order valence-corrected chi connectivity index (χ3v) is 8.31. The molecule has 0 amide bonds. The summed E-state index contributed by atoms with van der Waals surface area (Å²) in [4.78, 5) is 9.97. The number of pyridine rings is 1. The quantitative estimate of drug-likeness (QED) is 0.411. The smallest absolute Gasteiger partial charge is 0.235 e. The highest BCUT2D eigenvalue weighted by Gasteiger charge is 2.31. The van der Waals surface area contributed by atoms with Crippen molar-refractivity contribution >= 4 is 40.6 Å². The van der Waals surface area contributed by atoms with E-state index in [2.05, 4.69) is 106 Å². The summed E-state index contributed by atoms with van der Waals surface area (Å²) in [6, 6.07) is 32.3. The lowest BCUT2D eigenvalue weighted by atomic mass is 9.88. The SMILES string of the molecule is CC(C)(C)[C@H]1COC(c2ccc3cccc(P(c4ccccc4)c4ccccc4)c3n2)=N1. The Kier molecular flexibility index (Phi) is 5.53. The van der Waals surface area contributed by atoms with Gasteiger partial charge in [0.05, 0.1) is 11.6 Å². The number of nitrogens with zero attached hydrogens (tertiary/aromatic N) is 2. The van der Waals surface area contributed by atoms with Crippen LogP contribution in [0.25, 0.3) is 10.9 Å². The minimum absolute atomic E-state index is 0.0682. The van der Waals surface area contributed by atoms with Gasteiger partial charge in [0.25, 0.3) is 0 Å². The molecule has 4 aromatic rings. The summed E-state index contributed by atoms with van der Waals surface area (Å²) in [5.74, 6) is 0.658. The van der Waals surface area contributed by atoms with Crippen molar-refractivity contribution < 1.29 is 4.74 Å². The third-order valence-electron chi connectivity index (χ3n) is 5.84. The van der Waals surface area contributed by atoms with Crippen molar-refractivity contribution in [3.05, 3.63) is 96.7 Å². The summed E-state index contributed by atoms with van der Waals surface area (Å²) in [7, 11) is -0.741. The van der Waals surface area contributed by atoms with Crippen LogP contribution >= 0.6 is 7.92 Å². The fraction of sp³-hybridized carbons (Fsp3) is 0.214. The number of benzene rings is 3. The van der Waals surface area contributed by atoms with Gasteiger partial charge < -0.3 is 4.74 Å². The lowest BCUT2D eigenvalue weighted by Gasteiger charge is -2.21. The lowest BCUT2D eigenvalue weighted by molar-refractivity contribution is 0.235. The van der Waals surface area contributed by atoms with Gasteiger partial charge in [0, 0.05) is 10.7 Å². The number of fused-ring (bicyclic) bond motifs is 1. The molecular formula is C28H27N2OP. The molecule has 0 fully saturated rings. The maximum Gasteiger partial charge on any atom is 0.235 e. The average molecular weight is 439 g/mol. The lowest BCUT2D eigenvalue weighted by Crippen LogP contribution is -2.25. The maximum atomic E-state index is 5.99. The van der Waals surface area contributed by atoms with Crippen LogP contribution < -0.4 is 15.9 Å². The molecular weight excluding hydrogens is 411 g/mol. The highest BCUT2D eigenvalue weighted by atomic mass is 31.1. The summed E-state index contributed by atoms with van der Waals surface area (Å²) in [5.41, 5.74) is 1.90. The van der Waals surface area contributed by atoms with E-state index in [0.29, 0.717) is 12.5 Å². The minimum atomic E-state index is -0.741. The van der Waals surface area contributed by atoms with E-state index in [1.807, 2.05) is 6.07 Å². The Hall–Kier alpha value is -3.03. The molecule has 1 aromatic heterocycles. The summed E-state index contributed by atoms with van der Waals surface area (Å²) in [6.07, 6.45) is 0. The van der Waals surface area contributed by atoms with E-state index in [1.165, 1.54) is 15.9 Å². The zero-order valence-corrected chi connectivity index (χ0v) is 19.6. The summed E-state index contributed by atoms with van der Waals surface area (Å²) in [5, 5.41) is 5.02. The van der Waals surface area contributed by atoms with Gasteiger partial charge >= 0.3 is 0 Å². The summed E-state index contributed by atoms with van der Waals surface area (Å²) in [6.45, 7) is 7.21. The number of para-hydroxylation sites is 1. The molecule has 1 aliphatic heterocycles. The Morgan fingerprint density at radius 1 is 0.781 bits per heavy atom. The van der Waals surface area contributed by atoms with E-state index >= 15 is 0 Å². The van der Waals surface area contributed by atoms with Crippen LogP contribution in [0.4, 0.5) is 0 Å². The van der Waals surface area contributed by atoms with Gasteiger partial charge in [-0.3, -0.25) is 0 Å².